The van der Waals surface area contributed by atoms with Gasteiger partial charge in [0.25, 0.3) is 0 Å². The van der Waals surface area contributed by atoms with Crippen LogP contribution in [0, 0.1) is 5.41 Å². The number of hydrogen-bond donors (Lipinski definition) is 1. The summed E-state index contributed by atoms with van der Waals surface area (Å²) in [7, 11) is 0. The van der Waals surface area contributed by atoms with Crippen molar-refractivity contribution in [3.05, 3.63) is 24.4 Å². The van der Waals surface area contributed by atoms with E-state index >= 15 is 0 Å². The maximum Gasteiger partial charge on any atom is 0.131 e. The minimum Gasteiger partial charge on any atom is -0.490 e. The monoisotopic (exact) mass is 400 g/mol. The number of aliphatic hydroxyl groups is 1. The summed E-state index contributed by atoms with van der Waals surface area (Å²) in [6.45, 7) is 13.0. The lowest BCUT2D eigenvalue weighted by Crippen LogP contribution is -2.56. The van der Waals surface area contributed by atoms with Crippen LogP contribution in [0.5, 0.6) is 5.75 Å². The van der Waals surface area contributed by atoms with Crippen LogP contribution < -0.4 is 9.64 Å². The molecule has 0 saturated carbocycles. The molecule has 2 saturated heterocycles. The Kier molecular flexibility index (Phi) is 5.07. The van der Waals surface area contributed by atoms with Crippen LogP contribution in [0.15, 0.2) is 24.4 Å². The van der Waals surface area contributed by atoms with Crippen molar-refractivity contribution in [1.29, 1.82) is 0 Å². The average Bonchev–Trinajstić information content (AvgIpc) is 3.05. The Bertz CT molecular complexity index is 863. The molecule has 2 fully saturated rings. The first-order valence-corrected chi connectivity index (χ1v) is 10.4. The standard InChI is InChI=1S/C22H32N4O3/c1-15(2)28-20-8-16(25-12-22(5,13-25)14-27)6-7-18(20)19-11-26(24-23-19)10-17-9-21(3,4)29-17/h6-8,11,15,17,27H,9-10,12-14H2,1-5H3. The first kappa shape index (κ1) is 20.2. The maximum absolute atomic E-state index is 9.51. The number of aromatic nitrogens is 3. The molecule has 7 nitrogen and oxygen atoms in total. The van der Waals surface area contributed by atoms with Gasteiger partial charge in [0.15, 0.2) is 0 Å². The first-order valence-electron chi connectivity index (χ1n) is 10.4. The highest BCUT2D eigenvalue weighted by Gasteiger charge is 2.39. The molecule has 2 aromatic rings. The van der Waals surface area contributed by atoms with Crippen molar-refractivity contribution in [2.45, 2.75) is 65.4 Å². The molecule has 1 aromatic carbocycles. The molecule has 1 N–H and O–H groups in total. The van der Waals surface area contributed by atoms with Crippen LogP contribution in [-0.2, 0) is 11.3 Å². The first-order chi connectivity index (χ1) is 13.7. The molecule has 2 aliphatic rings. The summed E-state index contributed by atoms with van der Waals surface area (Å²) < 4.78 is 13.8. The highest BCUT2D eigenvalue weighted by atomic mass is 16.5. The summed E-state index contributed by atoms with van der Waals surface area (Å²) >= 11 is 0. The van der Waals surface area contributed by atoms with E-state index in [-0.39, 0.29) is 29.8 Å². The summed E-state index contributed by atoms with van der Waals surface area (Å²) in [6, 6.07) is 6.22. The number of nitrogens with zero attached hydrogens (tertiary/aromatic N) is 4. The third-order valence-corrected chi connectivity index (χ3v) is 5.63. The second-order valence-corrected chi connectivity index (χ2v) is 9.70. The van der Waals surface area contributed by atoms with Crippen molar-refractivity contribution in [3.63, 3.8) is 0 Å². The predicted molar refractivity (Wildman–Crippen MR) is 112 cm³/mol. The van der Waals surface area contributed by atoms with Gasteiger partial charge >= 0.3 is 0 Å². The van der Waals surface area contributed by atoms with E-state index in [4.69, 9.17) is 9.47 Å². The molecule has 0 spiro atoms. The smallest absolute Gasteiger partial charge is 0.131 e. The van der Waals surface area contributed by atoms with Gasteiger partial charge in [-0.25, -0.2) is 4.68 Å². The molecule has 1 atom stereocenters. The summed E-state index contributed by atoms with van der Waals surface area (Å²) in [5.41, 5.74) is 2.81. The number of hydrogen-bond acceptors (Lipinski definition) is 6. The topological polar surface area (TPSA) is 72.6 Å². The van der Waals surface area contributed by atoms with E-state index < -0.39 is 0 Å². The lowest BCUT2D eigenvalue weighted by molar-refractivity contribution is -0.189. The average molecular weight is 401 g/mol. The second-order valence-electron chi connectivity index (χ2n) is 9.70. The molecular weight excluding hydrogens is 368 g/mol. The van der Waals surface area contributed by atoms with Gasteiger partial charge in [0.05, 0.1) is 37.2 Å². The van der Waals surface area contributed by atoms with Gasteiger partial charge in [0.1, 0.15) is 11.4 Å². The van der Waals surface area contributed by atoms with Crippen molar-refractivity contribution in [3.8, 4) is 17.0 Å². The van der Waals surface area contributed by atoms with Crippen molar-refractivity contribution in [2.75, 3.05) is 24.6 Å². The van der Waals surface area contributed by atoms with Crippen molar-refractivity contribution in [1.82, 2.24) is 15.0 Å². The molecule has 1 aromatic heterocycles. The Balaban J connectivity index is 1.52. The molecule has 2 aliphatic heterocycles. The SMILES string of the molecule is CC(C)Oc1cc(N2CC(C)(CO)C2)ccc1-c1cn(CC2CC(C)(C)O2)nn1. The predicted octanol–water partition coefficient (Wildman–Crippen LogP) is 3.12. The molecule has 1 unspecified atom stereocenters. The molecule has 29 heavy (non-hydrogen) atoms. The molecule has 0 radical (unpaired) electrons. The van der Waals surface area contributed by atoms with E-state index in [0.29, 0.717) is 6.54 Å². The molecule has 0 aliphatic carbocycles. The van der Waals surface area contributed by atoms with Crippen LogP contribution in [0.2, 0.25) is 0 Å². The van der Waals surface area contributed by atoms with Crippen LogP contribution in [0.3, 0.4) is 0 Å². The number of anilines is 1. The zero-order valence-corrected chi connectivity index (χ0v) is 18.1. The third kappa shape index (κ3) is 4.26. The number of aliphatic hydroxyl groups excluding tert-OH is 1. The highest BCUT2D eigenvalue weighted by molar-refractivity contribution is 5.71. The van der Waals surface area contributed by atoms with Gasteiger partial charge < -0.3 is 19.5 Å². The minimum atomic E-state index is -0.0227. The van der Waals surface area contributed by atoms with Crippen molar-refractivity contribution < 1.29 is 14.6 Å². The van der Waals surface area contributed by atoms with Crippen LogP contribution >= 0.6 is 0 Å². The van der Waals surface area contributed by atoms with Crippen LogP contribution in [0.4, 0.5) is 5.69 Å². The Morgan fingerprint density at radius 1 is 1.28 bits per heavy atom. The van der Waals surface area contributed by atoms with Gasteiger partial charge in [-0.15, -0.1) is 5.10 Å². The maximum atomic E-state index is 9.51. The van der Waals surface area contributed by atoms with Gasteiger partial charge in [0.2, 0.25) is 0 Å². The summed E-state index contributed by atoms with van der Waals surface area (Å²) in [5, 5.41) is 18.2. The quantitative estimate of drug-likeness (QED) is 0.770. The second kappa shape index (κ2) is 7.29. The van der Waals surface area contributed by atoms with Gasteiger partial charge in [-0.2, -0.15) is 0 Å². The van der Waals surface area contributed by atoms with E-state index in [1.165, 1.54) is 0 Å². The Labute approximate surface area is 172 Å². The zero-order chi connectivity index (χ0) is 20.8. The molecule has 0 bridgehead atoms. The van der Waals surface area contributed by atoms with Crippen molar-refractivity contribution >= 4 is 5.69 Å². The largest absolute Gasteiger partial charge is 0.490 e. The lowest BCUT2D eigenvalue weighted by Gasteiger charge is -2.48. The fourth-order valence-electron chi connectivity index (χ4n) is 4.24. The third-order valence-electron chi connectivity index (χ3n) is 5.63. The van der Waals surface area contributed by atoms with Crippen LogP contribution in [0.25, 0.3) is 11.3 Å². The van der Waals surface area contributed by atoms with Crippen LogP contribution in [0.1, 0.15) is 41.0 Å². The number of ether oxygens (including phenoxy) is 2. The van der Waals surface area contributed by atoms with E-state index in [9.17, 15) is 5.11 Å². The lowest BCUT2D eigenvalue weighted by atomic mass is 9.82. The molecule has 7 heteroatoms. The summed E-state index contributed by atoms with van der Waals surface area (Å²) in [4.78, 5) is 2.26. The van der Waals surface area contributed by atoms with Gasteiger partial charge in [-0.3, -0.25) is 0 Å². The van der Waals surface area contributed by atoms with Gasteiger partial charge in [-0.05, 0) is 39.8 Å². The molecule has 4 rings (SSSR count). The Morgan fingerprint density at radius 3 is 2.62 bits per heavy atom. The van der Waals surface area contributed by atoms with Gasteiger partial charge in [-0.1, -0.05) is 12.1 Å². The molecule has 158 valence electrons. The highest BCUT2D eigenvalue weighted by Crippen LogP contribution is 2.39. The fraction of sp³-hybridized carbons (Fsp3) is 0.636. The summed E-state index contributed by atoms with van der Waals surface area (Å²) in [5.74, 6) is 0.808. The summed E-state index contributed by atoms with van der Waals surface area (Å²) in [6.07, 6.45) is 3.24. The van der Waals surface area contributed by atoms with E-state index in [1.54, 1.807) is 0 Å². The van der Waals surface area contributed by atoms with Crippen LogP contribution in [-0.4, -0.2) is 57.6 Å². The number of benzene rings is 1. The molecule has 0 amide bonds. The van der Waals surface area contributed by atoms with Gasteiger partial charge in [0, 0.05) is 42.2 Å². The van der Waals surface area contributed by atoms with E-state index in [1.807, 2.05) is 24.7 Å². The fourth-order valence-corrected chi connectivity index (χ4v) is 4.24. The van der Waals surface area contributed by atoms with Crippen molar-refractivity contribution in [2.24, 2.45) is 5.41 Å². The number of rotatable bonds is 7. The zero-order valence-electron chi connectivity index (χ0n) is 18.1. The van der Waals surface area contributed by atoms with E-state index in [0.717, 1.165) is 42.2 Å². The molecular formula is C22H32N4O3. The Hall–Kier alpha value is -2.12. The Morgan fingerprint density at radius 2 is 2.00 bits per heavy atom. The minimum absolute atomic E-state index is 0.0153. The normalized spacial score (nSPS) is 22.3. The molecule has 3 heterocycles. The van der Waals surface area contributed by atoms with E-state index in [2.05, 4.69) is 54.2 Å².